The minimum Gasteiger partial charge on any atom is -0.383 e. The standard InChI is InChI=1S/C19H18N4O/c1-24-11-10-20-18-12-15(14-8-9-21-19(14)23-18)17-7-6-13-4-2-3-5-16(13)22-17/h2-9,12H,10-11H2,1H3,(H2,20,21,23). The van der Waals surface area contributed by atoms with Crippen LogP contribution < -0.4 is 5.32 Å². The Kier molecular flexibility index (Phi) is 3.84. The number of para-hydroxylation sites is 1. The van der Waals surface area contributed by atoms with Crippen molar-refractivity contribution in [2.75, 3.05) is 25.6 Å². The van der Waals surface area contributed by atoms with E-state index in [9.17, 15) is 0 Å². The summed E-state index contributed by atoms with van der Waals surface area (Å²) in [5.74, 6) is 0.812. The van der Waals surface area contributed by atoms with E-state index in [0.717, 1.165) is 39.0 Å². The van der Waals surface area contributed by atoms with Crippen molar-refractivity contribution in [2.24, 2.45) is 0 Å². The molecule has 5 heteroatoms. The van der Waals surface area contributed by atoms with E-state index in [4.69, 9.17) is 9.72 Å². The van der Waals surface area contributed by atoms with Crippen molar-refractivity contribution in [2.45, 2.75) is 0 Å². The summed E-state index contributed by atoms with van der Waals surface area (Å²) in [6.07, 6.45) is 1.90. The van der Waals surface area contributed by atoms with E-state index >= 15 is 0 Å². The average Bonchev–Trinajstić information content (AvgIpc) is 3.09. The van der Waals surface area contributed by atoms with Crippen LogP contribution in [0.25, 0.3) is 33.2 Å². The van der Waals surface area contributed by atoms with Crippen molar-refractivity contribution < 1.29 is 4.74 Å². The number of H-pyrrole nitrogens is 1. The number of nitrogens with one attached hydrogen (secondary N) is 2. The zero-order chi connectivity index (χ0) is 16.4. The van der Waals surface area contributed by atoms with E-state index in [2.05, 4.69) is 33.5 Å². The molecule has 0 bridgehead atoms. The number of anilines is 1. The fourth-order valence-electron chi connectivity index (χ4n) is 2.84. The van der Waals surface area contributed by atoms with Crippen LogP contribution in [0.5, 0.6) is 0 Å². The molecule has 120 valence electrons. The van der Waals surface area contributed by atoms with Crippen LogP contribution in [0.15, 0.2) is 54.7 Å². The van der Waals surface area contributed by atoms with Gasteiger partial charge in [-0.05, 0) is 24.3 Å². The molecule has 5 nitrogen and oxygen atoms in total. The first kappa shape index (κ1) is 14.7. The predicted molar refractivity (Wildman–Crippen MR) is 97.2 cm³/mol. The molecule has 3 heterocycles. The van der Waals surface area contributed by atoms with Crippen molar-refractivity contribution in [3.8, 4) is 11.3 Å². The van der Waals surface area contributed by atoms with E-state index in [-0.39, 0.29) is 0 Å². The van der Waals surface area contributed by atoms with Gasteiger partial charge in [-0.15, -0.1) is 0 Å². The van der Waals surface area contributed by atoms with Gasteiger partial charge in [-0.2, -0.15) is 0 Å². The molecule has 3 aromatic heterocycles. The number of rotatable bonds is 5. The maximum absolute atomic E-state index is 5.09. The number of aromatic amines is 1. The van der Waals surface area contributed by atoms with Gasteiger partial charge in [0.1, 0.15) is 11.5 Å². The summed E-state index contributed by atoms with van der Waals surface area (Å²) in [7, 11) is 1.69. The highest BCUT2D eigenvalue weighted by Gasteiger charge is 2.10. The molecule has 4 rings (SSSR count). The van der Waals surface area contributed by atoms with E-state index < -0.39 is 0 Å². The van der Waals surface area contributed by atoms with E-state index in [0.29, 0.717) is 13.2 Å². The quantitative estimate of drug-likeness (QED) is 0.549. The van der Waals surface area contributed by atoms with Gasteiger partial charge in [0.15, 0.2) is 0 Å². The molecular formula is C19H18N4O. The molecule has 24 heavy (non-hydrogen) atoms. The molecule has 0 saturated heterocycles. The summed E-state index contributed by atoms with van der Waals surface area (Å²) < 4.78 is 5.09. The van der Waals surface area contributed by atoms with Gasteiger partial charge in [-0.1, -0.05) is 24.3 Å². The summed E-state index contributed by atoms with van der Waals surface area (Å²) in [5, 5.41) is 5.49. The number of pyridine rings is 2. The number of hydrogen-bond acceptors (Lipinski definition) is 4. The largest absolute Gasteiger partial charge is 0.383 e. The summed E-state index contributed by atoms with van der Waals surface area (Å²) in [6.45, 7) is 1.34. The molecule has 0 fully saturated rings. The Morgan fingerprint density at radius 1 is 1.08 bits per heavy atom. The first-order valence-corrected chi connectivity index (χ1v) is 7.92. The van der Waals surface area contributed by atoms with Crippen LogP contribution >= 0.6 is 0 Å². The van der Waals surface area contributed by atoms with Crippen LogP contribution in [0.2, 0.25) is 0 Å². The van der Waals surface area contributed by atoms with Crippen molar-refractivity contribution in [3.63, 3.8) is 0 Å². The molecule has 1 aromatic carbocycles. The molecule has 0 radical (unpaired) electrons. The van der Waals surface area contributed by atoms with Crippen LogP contribution in [0.1, 0.15) is 0 Å². The second-order valence-corrected chi connectivity index (χ2v) is 5.60. The Bertz CT molecular complexity index is 993. The van der Waals surface area contributed by atoms with Crippen molar-refractivity contribution in [1.29, 1.82) is 0 Å². The lowest BCUT2D eigenvalue weighted by Gasteiger charge is -2.09. The number of nitrogens with zero attached hydrogens (tertiary/aromatic N) is 2. The van der Waals surface area contributed by atoms with Gasteiger partial charge >= 0.3 is 0 Å². The molecule has 0 unspecified atom stereocenters. The molecule has 0 aliphatic rings. The highest BCUT2D eigenvalue weighted by Crippen LogP contribution is 2.29. The van der Waals surface area contributed by atoms with Crippen LogP contribution in [0.4, 0.5) is 5.82 Å². The molecular weight excluding hydrogens is 300 g/mol. The molecule has 0 amide bonds. The zero-order valence-electron chi connectivity index (χ0n) is 13.4. The second kappa shape index (κ2) is 6.29. The van der Waals surface area contributed by atoms with Gasteiger partial charge in [-0.3, -0.25) is 0 Å². The molecule has 0 atom stereocenters. The summed E-state index contributed by atoms with van der Waals surface area (Å²) in [6, 6.07) is 16.4. The number of aromatic nitrogens is 3. The molecule has 0 aliphatic carbocycles. The lowest BCUT2D eigenvalue weighted by atomic mass is 10.1. The maximum Gasteiger partial charge on any atom is 0.140 e. The molecule has 0 spiro atoms. The summed E-state index contributed by atoms with van der Waals surface area (Å²) in [4.78, 5) is 12.6. The smallest absolute Gasteiger partial charge is 0.140 e. The van der Waals surface area contributed by atoms with Crippen molar-refractivity contribution in [3.05, 3.63) is 54.7 Å². The fourth-order valence-corrected chi connectivity index (χ4v) is 2.84. The van der Waals surface area contributed by atoms with Gasteiger partial charge in [0.2, 0.25) is 0 Å². The van der Waals surface area contributed by atoms with Gasteiger partial charge < -0.3 is 15.0 Å². The topological polar surface area (TPSA) is 62.8 Å². The Balaban J connectivity index is 1.82. The minimum atomic E-state index is 0.633. The van der Waals surface area contributed by atoms with Crippen LogP contribution in [0.3, 0.4) is 0 Å². The molecule has 4 aromatic rings. The fraction of sp³-hybridized carbons (Fsp3) is 0.158. The third kappa shape index (κ3) is 2.70. The van der Waals surface area contributed by atoms with E-state index in [1.54, 1.807) is 7.11 Å². The Morgan fingerprint density at radius 3 is 2.92 bits per heavy atom. The third-order valence-corrected chi connectivity index (χ3v) is 4.02. The Hall–Kier alpha value is -2.92. The van der Waals surface area contributed by atoms with Crippen molar-refractivity contribution >= 4 is 27.8 Å². The zero-order valence-corrected chi connectivity index (χ0v) is 13.4. The van der Waals surface area contributed by atoms with Crippen LogP contribution in [-0.2, 0) is 4.74 Å². The molecule has 0 aliphatic heterocycles. The SMILES string of the molecule is COCCNc1cc(-c2ccc3ccccc3n2)c2cc[nH]c2n1. The van der Waals surface area contributed by atoms with E-state index in [1.807, 2.05) is 36.5 Å². The van der Waals surface area contributed by atoms with Gasteiger partial charge in [0, 0.05) is 36.2 Å². The first-order chi connectivity index (χ1) is 11.8. The predicted octanol–water partition coefficient (Wildman–Crippen LogP) is 3.84. The normalized spacial score (nSPS) is 11.2. The Labute approximate surface area is 139 Å². The van der Waals surface area contributed by atoms with Gasteiger partial charge in [0.05, 0.1) is 17.8 Å². The van der Waals surface area contributed by atoms with Crippen LogP contribution in [-0.4, -0.2) is 35.2 Å². The lowest BCUT2D eigenvalue weighted by molar-refractivity contribution is 0.210. The van der Waals surface area contributed by atoms with Gasteiger partial charge in [0.25, 0.3) is 0 Å². The maximum atomic E-state index is 5.09. The number of fused-ring (bicyclic) bond motifs is 2. The van der Waals surface area contributed by atoms with Crippen molar-refractivity contribution in [1.82, 2.24) is 15.0 Å². The molecule has 0 saturated carbocycles. The highest BCUT2D eigenvalue weighted by atomic mass is 16.5. The van der Waals surface area contributed by atoms with Gasteiger partial charge in [-0.25, -0.2) is 9.97 Å². The Morgan fingerprint density at radius 2 is 2.00 bits per heavy atom. The number of hydrogen-bond donors (Lipinski definition) is 2. The number of benzene rings is 1. The number of methoxy groups -OCH3 is 1. The molecule has 2 N–H and O–H groups in total. The second-order valence-electron chi connectivity index (χ2n) is 5.60. The van der Waals surface area contributed by atoms with Crippen LogP contribution in [0, 0.1) is 0 Å². The average molecular weight is 318 g/mol. The monoisotopic (exact) mass is 318 g/mol. The lowest BCUT2D eigenvalue weighted by Crippen LogP contribution is -2.09. The number of ether oxygens (including phenoxy) is 1. The third-order valence-electron chi connectivity index (χ3n) is 4.02. The van der Waals surface area contributed by atoms with E-state index in [1.165, 1.54) is 0 Å². The first-order valence-electron chi connectivity index (χ1n) is 7.92. The summed E-state index contributed by atoms with van der Waals surface area (Å²) >= 11 is 0. The highest BCUT2D eigenvalue weighted by molar-refractivity contribution is 5.95. The summed E-state index contributed by atoms with van der Waals surface area (Å²) in [5.41, 5.74) is 3.84. The minimum absolute atomic E-state index is 0.633.